The zero-order valence-corrected chi connectivity index (χ0v) is 17.1. The molecule has 2 amide bonds. The van der Waals surface area contributed by atoms with Gasteiger partial charge in [-0.15, -0.1) is 0 Å². The van der Waals surface area contributed by atoms with Gasteiger partial charge in [0.2, 0.25) is 0 Å². The van der Waals surface area contributed by atoms with Crippen LogP contribution >= 0.6 is 0 Å². The van der Waals surface area contributed by atoms with E-state index < -0.39 is 11.7 Å². The first kappa shape index (κ1) is 20.1. The van der Waals surface area contributed by atoms with Crippen LogP contribution in [0.5, 0.6) is 5.75 Å². The highest BCUT2D eigenvalue weighted by Gasteiger charge is 2.43. The molecule has 0 aliphatic carbocycles. The summed E-state index contributed by atoms with van der Waals surface area (Å²) in [5.41, 5.74) is 1.60. The molecular formula is C23H24FN3O3. The van der Waals surface area contributed by atoms with Gasteiger partial charge in [0.25, 0.3) is 11.8 Å². The quantitative estimate of drug-likeness (QED) is 0.711. The van der Waals surface area contributed by atoms with Gasteiger partial charge >= 0.3 is 0 Å². The van der Waals surface area contributed by atoms with Gasteiger partial charge < -0.3 is 14.5 Å². The maximum absolute atomic E-state index is 13.5. The van der Waals surface area contributed by atoms with Crippen molar-refractivity contribution < 1.29 is 18.7 Å². The van der Waals surface area contributed by atoms with Crippen LogP contribution in [0, 0.1) is 5.82 Å². The Morgan fingerprint density at radius 3 is 2.23 bits per heavy atom. The largest absolute Gasteiger partial charge is 0.495 e. The van der Waals surface area contributed by atoms with Gasteiger partial charge in [-0.05, 0) is 36.4 Å². The molecule has 7 heteroatoms. The second-order valence-electron chi connectivity index (χ2n) is 7.27. The second-order valence-corrected chi connectivity index (χ2v) is 7.27. The Balaban J connectivity index is 1.80. The summed E-state index contributed by atoms with van der Waals surface area (Å²) in [5, 5.41) is 0. The van der Waals surface area contributed by atoms with Crippen molar-refractivity contribution in [2.24, 2.45) is 0 Å². The molecule has 2 aromatic carbocycles. The molecule has 0 atom stereocenters. The van der Waals surface area contributed by atoms with Crippen molar-refractivity contribution in [3.8, 4) is 5.75 Å². The zero-order chi connectivity index (χ0) is 21.3. The van der Waals surface area contributed by atoms with Crippen LogP contribution in [-0.4, -0.2) is 61.4 Å². The van der Waals surface area contributed by atoms with Gasteiger partial charge in [0.15, 0.2) is 0 Å². The van der Waals surface area contributed by atoms with Gasteiger partial charge in [-0.25, -0.2) is 9.29 Å². The summed E-state index contributed by atoms with van der Waals surface area (Å²) in [4.78, 5) is 32.5. The van der Waals surface area contributed by atoms with Crippen molar-refractivity contribution in [1.29, 1.82) is 0 Å². The number of benzene rings is 2. The van der Waals surface area contributed by atoms with Crippen molar-refractivity contribution in [2.45, 2.75) is 6.92 Å². The zero-order valence-electron chi connectivity index (χ0n) is 17.1. The Morgan fingerprint density at radius 2 is 1.60 bits per heavy atom. The van der Waals surface area contributed by atoms with Gasteiger partial charge in [-0.1, -0.05) is 31.2 Å². The Bertz CT molecular complexity index is 995. The van der Waals surface area contributed by atoms with E-state index in [-0.39, 0.29) is 5.91 Å². The molecule has 2 aliphatic heterocycles. The van der Waals surface area contributed by atoms with E-state index >= 15 is 0 Å². The highest BCUT2D eigenvalue weighted by molar-refractivity contribution is 6.45. The van der Waals surface area contributed by atoms with Gasteiger partial charge in [0.1, 0.15) is 17.3 Å². The molecule has 4 rings (SSSR count). The first-order valence-corrected chi connectivity index (χ1v) is 10.0. The molecule has 156 valence electrons. The fourth-order valence-corrected chi connectivity index (χ4v) is 4.01. The van der Waals surface area contributed by atoms with Crippen LogP contribution in [0.1, 0.15) is 12.5 Å². The number of ether oxygens (including phenoxy) is 1. The average molecular weight is 409 g/mol. The topological polar surface area (TPSA) is 53.1 Å². The van der Waals surface area contributed by atoms with Gasteiger partial charge in [0, 0.05) is 26.2 Å². The molecule has 0 aromatic heterocycles. The number of hydrogen-bond acceptors (Lipinski definition) is 5. The predicted octanol–water partition coefficient (Wildman–Crippen LogP) is 2.76. The van der Waals surface area contributed by atoms with E-state index in [0.717, 1.165) is 19.6 Å². The third kappa shape index (κ3) is 3.45. The van der Waals surface area contributed by atoms with Gasteiger partial charge in [-0.2, -0.15) is 0 Å². The smallest absolute Gasteiger partial charge is 0.282 e. The Hall–Kier alpha value is -3.19. The van der Waals surface area contributed by atoms with E-state index in [1.54, 1.807) is 36.4 Å². The summed E-state index contributed by atoms with van der Waals surface area (Å²) in [7, 11) is 1.50. The van der Waals surface area contributed by atoms with Crippen LogP contribution in [-0.2, 0) is 9.59 Å². The van der Waals surface area contributed by atoms with Crippen LogP contribution < -0.4 is 9.64 Å². The van der Waals surface area contributed by atoms with Gasteiger partial charge in [0.05, 0.1) is 18.4 Å². The molecule has 2 heterocycles. The van der Waals surface area contributed by atoms with E-state index in [2.05, 4.69) is 11.8 Å². The molecule has 1 saturated heterocycles. The van der Waals surface area contributed by atoms with Crippen LogP contribution in [0.4, 0.5) is 10.1 Å². The molecule has 0 spiro atoms. The second kappa shape index (κ2) is 8.28. The minimum atomic E-state index is -0.427. The number of carbonyl (C=O) groups is 2. The van der Waals surface area contributed by atoms with E-state index in [0.29, 0.717) is 41.4 Å². The van der Waals surface area contributed by atoms with E-state index in [9.17, 15) is 14.0 Å². The van der Waals surface area contributed by atoms with Crippen LogP contribution in [0.3, 0.4) is 0 Å². The number of imide groups is 1. The molecule has 30 heavy (non-hydrogen) atoms. The van der Waals surface area contributed by atoms with Crippen molar-refractivity contribution in [3.05, 3.63) is 65.6 Å². The maximum Gasteiger partial charge on any atom is 0.282 e. The summed E-state index contributed by atoms with van der Waals surface area (Å²) in [6.07, 6.45) is 0. The first-order valence-electron chi connectivity index (χ1n) is 10.0. The fraction of sp³-hybridized carbons (Fsp3) is 0.304. The Kier molecular flexibility index (Phi) is 5.55. The van der Waals surface area contributed by atoms with Crippen LogP contribution in [0.25, 0.3) is 5.57 Å². The predicted molar refractivity (Wildman–Crippen MR) is 112 cm³/mol. The molecular weight excluding hydrogens is 385 g/mol. The monoisotopic (exact) mass is 409 g/mol. The lowest BCUT2D eigenvalue weighted by molar-refractivity contribution is -0.120. The molecule has 6 nitrogen and oxygen atoms in total. The number of piperazine rings is 1. The molecule has 2 aromatic rings. The summed E-state index contributed by atoms with van der Waals surface area (Å²) in [6, 6.07) is 12.6. The van der Waals surface area contributed by atoms with Crippen molar-refractivity contribution >= 4 is 23.1 Å². The number of nitrogens with zero attached hydrogens (tertiary/aromatic N) is 3. The molecule has 2 aliphatic rings. The SMILES string of the molecule is CCN1CCN(C2=C(c3ccc(F)cc3)C(=O)N(c3ccccc3OC)C2=O)CC1. The third-order valence-corrected chi connectivity index (χ3v) is 5.65. The minimum absolute atomic E-state index is 0.302. The number of likely N-dealkylation sites (N-methyl/N-ethyl adjacent to an activating group) is 1. The minimum Gasteiger partial charge on any atom is -0.495 e. The highest BCUT2D eigenvalue weighted by Crippen LogP contribution is 2.38. The molecule has 0 N–H and O–H groups in total. The maximum atomic E-state index is 13.5. The number of rotatable bonds is 5. The highest BCUT2D eigenvalue weighted by atomic mass is 19.1. The Morgan fingerprint density at radius 1 is 0.933 bits per heavy atom. The first-order chi connectivity index (χ1) is 14.5. The number of halogens is 1. The summed E-state index contributed by atoms with van der Waals surface area (Å²) >= 11 is 0. The molecule has 0 unspecified atom stereocenters. The van der Waals surface area contributed by atoms with Crippen LogP contribution in [0.2, 0.25) is 0 Å². The lowest BCUT2D eigenvalue weighted by atomic mass is 10.0. The summed E-state index contributed by atoms with van der Waals surface area (Å²) in [6.45, 7) is 5.96. The number of methoxy groups -OCH3 is 1. The van der Waals surface area contributed by atoms with E-state index in [1.807, 2.05) is 4.90 Å². The normalized spacial score (nSPS) is 17.8. The average Bonchev–Trinajstić information content (AvgIpc) is 3.04. The van der Waals surface area contributed by atoms with Crippen molar-refractivity contribution in [3.63, 3.8) is 0 Å². The van der Waals surface area contributed by atoms with E-state index in [4.69, 9.17) is 4.74 Å². The number of amides is 2. The lowest BCUT2D eigenvalue weighted by Gasteiger charge is -2.36. The molecule has 1 fully saturated rings. The standard InChI is InChI=1S/C23H24FN3O3/c1-3-25-12-14-26(15-13-25)21-20(16-8-10-17(24)11-9-16)22(28)27(23(21)29)18-6-4-5-7-19(18)30-2/h4-11H,3,12-15H2,1-2H3. The number of anilines is 1. The molecule has 0 bridgehead atoms. The molecule has 0 saturated carbocycles. The molecule has 0 radical (unpaired) electrons. The summed E-state index contributed by atoms with van der Waals surface area (Å²) < 4.78 is 18.9. The lowest BCUT2D eigenvalue weighted by Crippen LogP contribution is -2.47. The number of carbonyl (C=O) groups excluding carboxylic acids is 2. The number of para-hydroxylation sites is 2. The van der Waals surface area contributed by atoms with Gasteiger partial charge in [-0.3, -0.25) is 9.59 Å². The van der Waals surface area contributed by atoms with E-state index in [1.165, 1.54) is 24.1 Å². The third-order valence-electron chi connectivity index (χ3n) is 5.65. The summed E-state index contributed by atoms with van der Waals surface area (Å²) in [5.74, 6) is -0.761. The van der Waals surface area contributed by atoms with Crippen molar-refractivity contribution in [1.82, 2.24) is 9.80 Å². The number of hydrogen-bond donors (Lipinski definition) is 0. The Labute approximate surface area is 175 Å². The van der Waals surface area contributed by atoms with Crippen LogP contribution in [0.15, 0.2) is 54.2 Å². The van der Waals surface area contributed by atoms with Crippen molar-refractivity contribution in [2.75, 3.05) is 44.7 Å². The fourth-order valence-electron chi connectivity index (χ4n) is 4.01.